The molecule has 23 heavy (non-hydrogen) atoms. The van der Waals surface area contributed by atoms with Crippen molar-refractivity contribution in [3.8, 4) is 0 Å². The second-order valence-electron chi connectivity index (χ2n) is 6.97. The first-order chi connectivity index (χ1) is 11.2. The third kappa shape index (κ3) is 1.84. The highest BCUT2D eigenvalue weighted by Gasteiger charge is 2.53. The fourth-order valence-electron chi connectivity index (χ4n) is 4.23. The average Bonchev–Trinajstić information content (AvgIpc) is 2.78. The molecule has 0 N–H and O–H groups in total. The Kier molecular flexibility index (Phi) is 2.72. The van der Waals surface area contributed by atoms with Crippen LogP contribution in [0, 0.1) is 5.41 Å². The summed E-state index contributed by atoms with van der Waals surface area (Å²) in [4.78, 5) is 11.4. The maximum Gasteiger partial charge on any atom is 0.143 e. The zero-order valence-corrected chi connectivity index (χ0v) is 13.7. The SMILES string of the molecule is Cn1c2ccncc2c2ccc(N3CC4(CC(SF)C4)C3)nc21. The van der Waals surface area contributed by atoms with Gasteiger partial charge in [0.05, 0.1) is 5.52 Å². The maximum atomic E-state index is 12.6. The molecular formula is C17H17FN4S. The lowest BCUT2D eigenvalue weighted by atomic mass is 9.63. The monoisotopic (exact) mass is 328 g/mol. The molecule has 0 amide bonds. The second-order valence-corrected chi connectivity index (χ2v) is 7.81. The zero-order valence-electron chi connectivity index (χ0n) is 12.9. The van der Waals surface area contributed by atoms with Crippen molar-refractivity contribution in [1.29, 1.82) is 0 Å². The molecule has 6 heteroatoms. The topological polar surface area (TPSA) is 34.0 Å². The number of rotatable bonds is 2. The van der Waals surface area contributed by atoms with Gasteiger partial charge in [-0.05, 0) is 31.0 Å². The number of anilines is 1. The third-order valence-corrected chi connectivity index (χ3v) is 6.04. The zero-order chi connectivity index (χ0) is 15.6. The molecule has 3 aromatic heterocycles. The molecule has 0 unspecified atom stereocenters. The Labute approximate surface area is 138 Å². The van der Waals surface area contributed by atoms with Crippen LogP contribution in [-0.2, 0) is 7.05 Å². The minimum absolute atomic E-state index is 0.221. The molecule has 1 aliphatic carbocycles. The van der Waals surface area contributed by atoms with Gasteiger partial charge in [-0.2, -0.15) is 3.89 Å². The number of hydrogen-bond acceptors (Lipinski definition) is 4. The van der Waals surface area contributed by atoms with Crippen LogP contribution in [0.3, 0.4) is 0 Å². The molecule has 0 atom stereocenters. The van der Waals surface area contributed by atoms with Crippen LogP contribution in [0.1, 0.15) is 12.8 Å². The van der Waals surface area contributed by atoms with E-state index in [1.165, 1.54) is 0 Å². The molecule has 1 saturated heterocycles. The first-order valence-corrected chi connectivity index (χ1v) is 8.69. The standard InChI is InChI=1S/C17H17FN4S/c1-21-14-4-5-19-8-13(14)12-2-3-15(20-16(12)21)22-9-17(10-22)6-11(7-17)23-18/h2-5,8,11H,6-7,9-10H2,1H3. The Balaban J connectivity index is 1.48. The molecular weight excluding hydrogens is 311 g/mol. The van der Waals surface area contributed by atoms with E-state index >= 15 is 0 Å². The van der Waals surface area contributed by atoms with Gasteiger partial charge in [-0.15, -0.1) is 0 Å². The van der Waals surface area contributed by atoms with Crippen LogP contribution in [-0.4, -0.2) is 32.9 Å². The van der Waals surface area contributed by atoms with Gasteiger partial charge in [0.25, 0.3) is 0 Å². The van der Waals surface area contributed by atoms with Crippen molar-refractivity contribution in [3.63, 3.8) is 0 Å². The Bertz CT molecular complexity index is 907. The summed E-state index contributed by atoms with van der Waals surface area (Å²) in [7, 11) is 2.05. The minimum Gasteiger partial charge on any atom is -0.355 e. The van der Waals surface area contributed by atoms with E-state index in [0.29, 0.717) is 17.6 Å². The van der Waals surface area contributed by atoms with Crippen LogP contribution < -0.4 is 4.90 Å². The highest BCUT2D eigenvalue weighted by atomic mass is 32.2. The number of pyridine rings is 2. The predicted octanol–water partition coefficient (Wildman–Crippen LogP) is 3.71. The Morgan fingerprint density at radius 3 is 2.83 bits per heavy atom. The van der Waals surface area contributed by atoms with Gasteiger partial charge in [-0.1, -0.05) is 0 Å². The second kappa shape index (κ2) is 4.60. The predicted molar refractivity (Wildman–Crippen MR) is 92.4 cm³/mol. The van der Waals surface area contributed by atoms with Crippen LogP contribution in [0.5, 0.6) is 0 Å². The van der Waals surface area contributed by atoms with Crippen LogP contribution in [0.25, 0.3) is 21.9 Å². The van der Waals surface area contributed by atoms with E-state index in [0.717, 1.165) is 53.7 Å². The number of fused-ring (bicyclic) bond motifs is 3. The van der Waals surface area contributed by atoms with Gasteiger partial charge in [0.1, 0.15) is 11.5 Å². The fraction of sp³-hybridized carbons (Fsp3) is 0.412. The van der Waals surface area contributed by atoms with Crippen molar-refractivity contribution in [2.24, 2.45) is 12.5 Å². The van der Waals surface area contributed by atoms with Gasteiger partial charge in [0.2, 0.25) is 0 Å². The molecule has 0 aromatic carbocycles. The van der Waals surface area contributed by atoms with Gasteiger partial charge < -0.3 is 9.47 Å². The van der Waals surface area contributed by atoms with Gasteiger partial charge >= 0.3 is 0 Å². The van der Waals surface area contributed by atoms with Crippen LogP contribution in [0.15, 0.2) is 30.6 Å². The molecule has 1 aliphatic heterocycles. The molecule has 4 heterocycles. The van der Waals surface area contributed by atoms with Crippen molar-refractivity contribution < 1.29 is 3.89 Å². The third-order valence-electron chi connectivity index (χ3n) is 5.45. The van der Waals surface area contributed by atoms with E-state index < -0.39 is 0 Å². The summed E-state index contributed by atoms with van der Waals surface area (Å²) in [6.45, 7) is 2.02. The van der Waals surface area contributed by atoms with Crippen LogP contribution in [0.4, 0.5) is 9.70 Å². The van der Waals surface area contributed by atoms with Crippen molar-refractivity contribution in [2.75, 3.05) is 18.0 Å². The molecule has 0 radical (unpaired) electrons. The Hall–Kier alpha value is -1.82. The smallest absolute Gasteiger partial charge is 0.143 e. The van der Waals surface area contributed by atoms with E-state index in [4.69, 9.17) is 4.98 Å². The van der Waals surface area contributed by atoms with E-state index in [1.807, 2.05) is 25.5 Å². The number of hydrogen-bond donors (Lipinski definition) is 0. The van der Waals surface area contributed by atoms with Gasteiger partial charge in [-0.25, -0.2) is 4.98 Å². The van der Waals surface area contributed by atoms with Gasteiger partial charge in [0, 0.05) is 66.1 Å². The molecule has 118 valence electrons. The first-order valence-electron chi connectivity index (χ1n) is 7.91. The maximum absolute atomic E-state index is 12.6. The summed E-state index contributed by atoms with van der Waals surface area (Å²) in [6.07, 6.45) is 5.73. The molecule has 1 saturated carbocycles. The van der Waals surface area contributed by atoms with Crippen LogP contribution >= 0.6 is 12.1 Å². The minimum atomic E-state index is 0.221. The highest BCUT2D eigenvalue weighted by molar-refractivity contribution is 7.95. The summed E-state index contributed by atoms with van der Waals surface area (Å²) in [5.41, 5.74) is 2.50. The lowest BCUT2D eigenvalue weighted by molar-refractivity contribution is 0.0965. The molecule has 0 bridgehead atoms. The summed E-state index contributed by atoms with van der Waals surface area (Å²) >= 11 is 0.523. The van der Waals surface area contributed by atoms with E-state index in [2.05, 4.69) is 26.6 Å². The molecule has 3 aromatic rings. The Morgan fingerprint density at radius 1 is 1.22 bits per heavy atom. The quantitative estimate of drug-likeness (QED) is 0.718. The van der Waals surface area contributed by atoms with Crippen molar-refractivity contribution in [2.45, 2.75) is 18.1 Å². The first kappa shape index (κ1) is 13.6. The largest absolute Gasteiger partial charge is 0.355 e. The average molecular weight is 328 g/mol. The fourth-order valence-corrected chi connectivity index (χ4v) is 5.07. The summed E-state index contributed by atoms with van der Waals surface area (Å²) in [5, 5.41) is 2.51. The number of aromatic nitrogens is 3. The molecule has 4 nitrogen and oxygen atoms in total. The van der Waals surface area contributed by atoms with Gasteiger partial charge in [-0.3, -0.25) is 4.98 Å². The summed E-state index contributed by atoms with van der Waals surface area (Å²) < 4.78 is 14.7. The molecule has 1 spiro atoms. The molecule has 5 rings (SSSR count). The molecule has 2 fully saturated rings. The van der Waals surface area contributed by atoms with E-state index in [-0.39, 0.29) is 5.25 Å². The van der Waals surface area contributed by atoms with E-state index in [1.54, 1.807) is 0 Å². The number of aryl methyl sites for hydroxylation is 1. The normalized spacial score (nSPS) is 20.2. The lowest BCUT2D eigenvalue weighted by Gasteiger charge is -2.58. The van der Waals surface area contributed by atoms with Crippen molar-refractivity contribution in [1.82, 2.24) is 14.5 Å². The lowest BCUT2D eigenvalue weighted by Crippen LogP contribution is -2.63. The van der Waals surface area contributed by atoms with Crippen LogP contribution in [0.2, 0.25) is 0 Å². The summed E-state index contributed by atoms with van der Waals surface area (Å²) in [6, 6.07) is 6.27. The van der Waals surface area contributed by atoms with E-state index in [9.17, 15) is 3.89 Å². The summed E-state index contributed by atoms with van der Waals surface area (Å²) in [5.74, 6) is 1.03. The number of halogens is 1. The highest BCUT2D eigenvalue weighted by Crippen LogP contribution is 2.53. The van der Waals surface area contributed by atoms with Crippen molar-refractivity contribution in [3.05, 3.63) is 30.6 Å². The molecule has 2 aliphatic rings. The van der Waals surface area contributed by atoms with Crippen molar-refractivity contribution >= 4 is 39.9 Å². The number of nitrogens with zero attached hydrogens (tertiary/aromatic N) is 4. The van der Waals surface area contributed by atoms with Gasteiger partial charge in [0.15, 0.2) is 0 Å². The Morgan fingerprint density at radius 2 is 2.04 bits per heavy atom.